The van der Waals surface area contributed by atoms with Crippen LogP contribution in [0.15, 0.2) is 18.2 Å². The van der Waals surface area contributed by atoms with E-state index in [-0.39, 0.29) is 0 Å². The van der Waals surface area contributed by atoms with Gasteiger partial charge in [-0.2, -0.15) is 0 Å². The minimum Gasteiger partial charge on any atom is -0.493 e. The van der Waals surface area contributed by atoms with Gasteiger partial charge in [-0.1, -0.05) is 18.5 Å². The highest BCUT2D eigenvalue weighted by Gasteiger charge is 2.20. The summed E-state index contributed by atoms with van der Waals surface area (Å²) >= 11 is 6.00. The van der Waals surface area contributed by atoms with Crippen LogP contribution in [0.3, 0.4) is 0 Å². The van der Waals surface area contributed by atoms with Gasteiger partial charge in [0.1, 0.15) is 5.75 Å². The van der Waals surface area contributed by atoms with E-state index in [0.29, 0.717) is 6.04 Å². The Morgan fingerprint density at radius 2 is 2.25 bits per heavy atom. The van der Waals surface area contributed by atoms with Crippen molar-refractivity contribution < 1.29 is 4.74 Å². The molecule has 1 aromatic carbocycles. The van der Waals surface area contributed by atoms with Crippen LogP contribution in [-0.2, 0) is 6.54 Å². The molecule has 1 N–H and O–H groups in total. The van der Waals surface area contributed by atoms with Crippen LogP contribution in [0.4, 0.5) is 0 Å². The summed E-state index contributed by atoms with van der Waals surface area (Å²) in [4.78, 5) is 0. The molecule has 0 spiro atoms. The molecule has 1 aliphatic rings. The summed E-state index contributed by atoms with van der Waals surface area (Å²) in [7, 11) is 0. The molecule has 0 radical (unpaired) electrons. The monoisotopic (exact) mass is 239 g/mol. The van der Waals surface area contributed by atoms with Crippen molar-refractivity contribution in [3.8, 4) is 5.75 Å². The molecule has 0 aromatic heterocycles. The minimum atomic E-state index is 0.706. The van der Waals surface area contributed by atoms with Gasteiger partial charge < -0.3 is 10.1 Å². The maximum atomic E-state index is 6.00. The molecule has 16 heavy (non-hydrogen) atoms. The number of nitrogens with one attached hydrogen (secondary N) is 1. The molecule has 0 heterocycles. The number of hydrogen-bond acceptors (Lipinski definition) is 2. The summed E-state index contributed by atoms with van der Waals surface area (Å²) in [6, 6.07) is 6.54. The van der Waals surface area contributed by atoms with Crippen LogP contribution in [0.5, 0.6) is 5.75 Å². The number of benzene rings is 1. The first-order valence-corrected chi connectivity index (χ1v) is 6.32. The Kier molecular flexibility index (Phi) is 4.08. The first-order chi connectivity index (χ1) is 7.79. The van der Waals surface area contributed by atoms with Crippen molar-refractivity contribution in [3.05, 3.63) is 28.8 Å². The Balaban J connectivity index is 2.01. The second-order valence-corrected chi connectivity index (χ2v) is 4.69. The lowest BCUT2D eigenvalue weighted by Gasteiger charge is -2.11. The predicted octanol–water partition coefficient (Wildman–Crippen LogP) is 3.38. The van der Waals surface area contributed by atoms with Crippen LogP contribution < -0.4 is 10.1 Å². The van der Waals surface area contributed by atoms with Crippen molar-refractivity contribution in [2.45, 2.75) is 38.8 Å². The molecule has 0 atom stereocenters. The average molecular weight is 240 g/mol. The van der Waals surface area contributed by atoms with E-state index >= 15 is 0 Å². The third-order valence-corrected chi connectivity index (χ3v) is 2.88. The normalized spacial score (nSPS) is 15.1. The lowest BCUT2D eigenvalue weighted by molar-refractivity contribution is 0.313. The third kappa shape index (κ3) is 3.39. The molecule has 1 fully saturated rings. The van der Waals surface area contributed by atoms with Gasteiger partial charge >= 0.3 is 0 Å². The summed E-state index contributed by atoms with van der Waals surface area (Å²) in [6.07, 6.45) is 3.62. The van der Waals surface area contributed by atoms with Gasteiger partial charge in [-0.05, 0) is 37.5 Å². The molecule has 88 valence electrons. The van der Waals surface area contributed by atoms with Crippen LogP contribution in [0.1, 0.15) is 31.7 Å². The summed E-state index contributed by atoms with van der Waals surface area (Å²) < 4.78 is 5.70. The fraction of sp³-hybridized carbons (Fsp3) is 0.538. The number of hydrogen-bond donors (Lipinski definition) is 1. The van der Waals surface area contributed by atoms with E-state index in [2.05, 4.69) is 12.2 Å². The summed E-state index contributed by atoms with van der Waals surface area (Å²) in [5.41, 5.74) is 1.16. The molecular formula is C13H18ClNO. The standard InChI is InChI=1S/C13H18ClNO/c1-2-7-16-13-6-3-11(14)8-10(13)9-15-12-4-5-12/h3,6,8,12,15H,2,4-5,7,9H2,1H3. The van der Waals surface area contributed by atoms with E-state index in [1.807, 2.05) is 18.2 Å². The van der Waals surface area contributed by atoms with Gasteiger partial charge in [0.15, 0.2) is 0 Å². The zero-order valence-corrected chi connectivity index (χ0v) is 10.4. The molecule has 0 unspecified atom stereocenters. The predicted molar refractivity (Wildman–Crippen MR) is 67.1 cm³/mol. The molecule has 0 saturated heterocycles. The van der Waals surface area contributed by atoms with Gasteiger partial charge in [-0.25, -0.2) is 0 Å². The lowest BCUT2D eigenvalue weighted by Crippen LogP contribution is -2.16. The fourth-order valence-electron chi connectivity index (χ4n) is 1.58. The van der Waals surface area contributed by atoms with Crippen molar-refractivity contribution in [3.63, 3.8) is 0 Å². The number of ether oxygens (including phenoxy) is 1. The zero-order chi connectivity index (χ0) is 11.4. The Morgan fingerprint density at radius 1 is 1.44 bits per heavy atom. The van der Waals surface area contributed by atoms with Crippen molar-refractivity contribution >= 4 is 11.6 Å². The van der Waals surface area contributed by atoms with Gasteiger partial charge in [0.05, 0.1) is 6.61 Å². The molecular weight excluding hydrogens is 222 g/mol. The van der Waals surface area contributed by atoms with Gasteiger partial charge in [0, 0.05) is 23.2 Å². The molecule has 0 bridgehead atoms. The Labute approximate surface area is 102 Å². The maximum Gasteiger partial charge on any atom is 0.123 e. The highest BCUT2D eigenvalue weighted by Crippen LogP contribution is 2.25. The Morgan fingerprint density at radius 3 is 2.94 bits per heavy atom. The first-order valence-electron chi connectivity index (χ1n) is 5.94. The number of halogens is 1. The van der Waals surface area contributed by atoms with E-state index in [1.54, 1.807) is 0 Å². The lowest BCUT2D eigenvalue weighted by atomic mass is 10.2. The molecule has 3 heteroatoms. The molecule has 1 aromatic rings. The van der Waals surface area contributed by atoms with Crippen LogP contribution >= 0.6 is 11.6 Å². The molecule has 0 aliphatic heterocycles. The largest absolute Gasteiger partial charge is 0.493 e. The topological polar surface area (TPSA) is 21.3 Å². The van der Waals surface area contributed by atoms with Gasteiger partial charge in [-0.15, -0.1) is 0 Å². The van der Waals surface area contributed by atoms with Crippen LogP contribution in [0.25, 0.3) is 0 Å². The number of rotatable bonds is 6. The van der Waals surface area contributed by atoms with Crippen LogP contribution in [-0.4, -0.2) is 12.6 Å². The second kappa shape index (κ2) is 5.55. The SMILES string of the molecule is CCCOc1ccc(Cl)cc1CNC1CC1. The van der Waals surface area contributed by atoms with Crippen molar-refractivity contribution in [2.24, 2.45) is 0 Å². The zero-order valence-electron chi connectivity index (χ0n) is 9.63. The highest BCUT2D eigenvalue weighted by atomic mass is 35.5. The van der Waals surface area contributed by atoms with E-state index in [9.17, 15) is 0 Å². The van der Waals surface area contributed by atoms with E-state index in [1.165, 1.54) is 12.8 Å². The maximum absolute atomic E-state index is 6.00. The summed E-state index contributed by atoms with van der Waals surface area (Å²) in [5, 5.41) is 4.25. The summed E-state index contributed by atoms with van der Waals surface area (Å²) in [5.74, 6) is 0.958. The van der Waals surface area contributed by atoms with Crippen LogP contribution in [0.2, 0.25) is 5.02 Å². The van der Waals surface area contributed by atoms with E-state index in [4.69, 9.17) is 16.3 Å². The molecule has 2 rings (SSSR count). The fourth-order valence-corrected chi connectivity index (χ4v) is 1.78. The molecule has 2 nitrogen and oxygen atoms in total. The van der Waals surface area contributed by atoms with Crippen molar-refractivity contribution in [1.29, 1.82) is 0 Å². The average Bonchev–Trinajstić information content (AvgIpc) is 3.09. The van der Waals surface area contributed by atoms with Gasteiger partial charge in [-0.3, -0.25) is 0 Å². The smallest absolute Gasteiger partial charge is 0.123 e. The first kappa shape index (κ1) is 11.7. The third-order valence-electron chi connectivity index (χ3n) is 2.64. The second-order valence-electron chi connectivity index (χ2n) is 4.26. The Bertz CT molecular complexity index is 350. The van der Waals surface area contributed by atoms with E-state index < -0.39 is 0 Å². The van der Waals surface area contributed by atoms with E-state index in [0.717, 1.165) is 35.9 Å². The summed E-state index contributed by atoms with van der Waals surface area (Å²) in [6.45, 7) is 3.72. The highest BCUT2D eigenvalue weighted by molar-refractivity contribution is 6.30. The molecule has 1 saturated carbocycles. The molecule has 0 amide bonds. The van der Waals surface area contributed by atoms with Crippen LogP contribution in [0, 0.1) is 0 Å². The molecule has 1 aliphatic carbocycles. The Hall–Kier alpha value is -0.730. The minimum absolute atomic E-state index is 0.706. The van der Waals surface area contributed by atoms with Gasteiger partial charge in [0.2, 0.25) is 0 Å². The van der Waals surface area contributed by atoms with Crippen molar-refractivity contribution in [2.75, 3.05) is 6.61 Å². The quantitative estimate of drug-likeness (QED) is 0.822. The van der Waals surface area contributed by atoms with Crippen molar-refractivity contribution in [1.82, 2.24) is 5.32 Å². The van der Waals surface area contributed by atoms with Gasteiger partial charge in [0.25, 0.3) is 0 Å².